The number of fused-ring (bicyclic) bond motifs is 1. The van der Waals surface area contributed by atoms with Crippen LogP contribution < -0.4 is 5.73 Å². The number of benzene rings is 1. The number of methoxy groups -OCH3 is 1. The summed E-state index contributed by atoms with van der Waals surface area (Å²) in [4.78, 5) is 14.8. The van der Waals surface area contributed by atoms with Gasteiger partial charge in [-0.05, 0) is 36.6 Å². The van der Waals surface area contributed by atoms with Crippen LogP contribution in [0.5, 0.6) is 0 Å². The normalized spacial score (nSPS) is 12.6. The molecule has 0 radical (unpaired) electrons. The molecule has 4 heteroatoms. The summed E-state index contributed by atoms with van der Waals surface area (Å²) in [6, 6.07) is 5.74. The minimum atomic E-state index is -0.618. The number of ether oxygens (including phenoxy) is 1. The molecule has 1 aromatic carbocycles. The molecule has 0 aliphatic carbocycles. The van der Waals surface area contributed by atoms with Gasteiger partial charge in [0.2, 0.25) is 0 Å². The number of aromatic nitrogens is 1. The van der Waals surface area contributed by atoms with Crippen LogP contribution in [0.15, 0.2) is 18.2 Å². The molecule has 0 amide bonds. The molecular formula is C15H20N2O2. The van der Waals surface area contributed by atoms with Crippen molar-refractivity contribution in [3.8, 4) is 0 Å². The highest BCUT2D eigenvalue weighted by atomic mass is 16.5. The molecule has 1 aromatic heterocycles. The van der Waals surface area contributed by atoms with Crippen LogP contribution in [0.2, 0.25) is 0 Å². The van der Waals surface area contributed by atoms with Crippen LogP contribution in [0.3, 0.4) is 0 Å². The standard InChI is InChI=1S/C15H20N2O2/c1-4-10-5-6-14-12(7-10)11(9(2)17-14)8-13(16)15(18)19-3/h5-7,13,17H,4,8,16H2,1-3H3. The van der Waals surface area contributed by atoms with Crippen molar-refractivity contribution >= 4 is 16.9 Å². The number of carbonyl (C=O) groups is 1. The Morgan fingerprint density at radius 2 is 2.21 bits per heavy atom. The lowest BCUT2D eigenvalue weighted by Crippen LogP contribution is -2.33. The number of nitrogens with one attached hydrogen (secondary N) is 1. The lowest BCUT2D eigenvalue weighted by atomic mass is 10.0. The van der Waals surface area contributed by atoms with E-state index >= 15 is 0 Å². The van der Waals surface area contributed by atoms with Gasteiger partial charge in [-0.15, -0.1) is 0 Å². The summed E-state index contributed by atoms with van der Waals surface area (Å²) < 4.78 is 4.68. The molecule has 1 atom stereocenters. The second kappa shape index (κ2) is 5.45. The highest BCUT2D eigenvalue weighted by Crippen LogP contribution is 2.24. The summed E-state index contributed by atoms with van der Waals surface area (Å²) in [7, 11) is 1.36. The topological polar surface area (TPSA) is 68.1 Å². The van der Waals surface area contributed by atoms with Crippen LogP contribution >= 0.6 is 0 Å². The molecule has 4 nitrogen and oxygen atoms in total. The Kier molecular flexibility index (Phi) is 3.90. The van der Waals surface area contributed by atoms with Crippen molar-refractivity contribution in [3.63, 3.8) is 0 Å². The Morgan fingerprint density at radius 3 is 2.84 bits per heavy atom. The number of rotatable bonds is 4. The summed E-state index contributed by atoms with van der Waals surface area (Å²) in [6.07, 6.45) is 1.48. The molecule has 1 heterocycles. The molecule has 0 bridgehead atoms. The number of H-pyrrole nitrogens is 1. The third kappa shape index (κ3) is 2.63. The van der Waals surface area contributed by atoms with Gasteiger partial charge in [-0.3, -0.25) is 4.79 Å². The van der Waals surface area contributed by atoms with Gasteiger partial charge < -0.3 is 15.5 Å². The van der Waals surface area contributed by atoms with Gasteiger partial charge in [0, 0.05) is 23.0 Å². The molecule has 3 N–H and O–H groups in total. The number of hydrogen-bond acceptors (Lipinski definition) is 3. The van der Waals surface area contributed by atoms with Crippen LogP contribution in [0.4, 0.5) is 0 Å². The van der Waals surface area contributed by atoms with Crippen molar-refractivity contribution in [3.05, 3.63) is 35.0 Å². The number of aromatic amines is 1. The average molecular weight is 260 g/mol. The van der Waals surface area contributed by atoms with E-state index < -0.39 is 6.04 Å². The monoisotopic (exact) mass is 260 g/mol. The van der Waals surface area contributed by atoms with Gasteiger partial charge >= 0.3 is 5.97 Å². The zero-order valence-electron chi connectivity index (χ0n) is 11.6. The van der Waals surface area contributed by atoms with E-state index in [0.717, 1.165) is 28.6 Å². The number of nitrogens with two attached hydrogens (primary N) is 1. The van der Waals surface area contributed by atoms with E-state index in [1.807, 2.05) is 6.92 Å². The van der Waals surface area contributed by atoms with Crippen LogP contribution in [0.25, 0.3) is 10.9 Å². The first-order chi connectivity index (χ1) is 9.06. The summed E-state index contributed by atoms with van der Waals surface area (Å²) >= 11 is 0. The van der Waals surface area contributed by atoms with Crippen molar-refractivity contribution in [1.82, 2.24) is 4.98 Å². The van der Waals surface area contributed by atoms with E-state index in [2.05, 4.69) is 34.8 Å². The first-order valence-corrected chi connectivity index (χ1v) is 6.50. The Balaban J connectivity index is 2.41. The van der Waals surface area contributed by atoms with Crippen molar-refractivity contribution in [2.24, 2.45) is 5.73 Å². The SMILES string of the molecule is CCc1ccc2[nH]c(C)c(CC(N)C(=O)OC)c2c1. The molecule has 0 saturated carbocycles. The largest absolute Gasteiger partial charge is 0.468 e. The van der Waals surface area contributed by atoms with E-state index in [1.54, 1.807) is 0 Å². The predicted molar refractivity (Wildman–Crippen MR) is 76.1 cm³/mol. The second-order valence-electron chi connectivity index (χ2n) is 4.80. The summed E-state index contributed by atoms with van der Waals surface area (Å²) in [5.74, 6) is -0.375. The molecule has 0 saturated heterocycles. The van der Waals surface area contributed by atoms with Gasteiger partial charge in [0.15, 0.2) is 0 Å². The Bertz CT molecular complexity index is 601. The molecule has 0 aliphatic rings. The number of esters is 1. The summed E-state index contributed by atoms with van der Waals surface area (Å²) in [5, 5.41) is 1.15. The molecule has 102 valence electrons. The van der Waals surface area contributed by atoms with Gasteiger partial charge in [0.25, 0.3) is 0 Å². The summed E-state index contributed by atoms with van der Waals surface area (Å²) in [6.45, 7) is 4.13. The predicted octanol–water partition coefficient (Wildman–Crippen LogP) is 2.08. The van der Waals surface area contributed by atoms with E-state index in [1.165, 1.54) is 12.7 Å². The minimum absolute atomic E-state index is 0.375. The fourth-order valence-electron chi connectivity index (χ4n) is 2.37. The molecule has 0 aliphatic heterocycles. The van der Waals surface area contributed by atoms with E-state index in [4.69, 9.17) is 5.73 Å². The van der Waals surface area contributed by atoms with E-state index in [9.17, 15) is 4.79 Å². The fraction of sp³-hybridized carbons (Fsp3) is 0.400. The Hall–Kier alpha value is -1.81. The van der Waals surface area contributed by atoms with Crippen LogP contribution in [-0.4, -0.2) is 24.1 Å². The van der Waals surface area contributed by atoms with Crippen molar-refractivity contribution in [2.45, 2.75) is 32.7 Å². The van der Waals surface area contributed by atoms with Crippen LogP contribution in [0.1, 0.15) is 23.7 Å². The maximum Gasteiger partial charge on any atom is 0.322 e. The molecule has 2 aromatic rings. The Labute approximate surface area is 112 Å². The van der Waals surface area contributed by atoms with Gasteiger partial charge in [-0.1, -0.05) is 13.0 Å². The van der Waals surface area contributed by atoms with Gasteiger partial charge in [0.05, 0.1) is 7.11 Å². The van der Waals surface area contributed by atoms with Crippen LogP contribution in [-0.2, 0) is 22.4 Å². The molecular weight excluding hydrogens is 240 g/mol. The molecule has 0 spiro atoms. The molecule has 2 rings (SSSR count). The molecule has 0 fully saturated rings. The highest BCUT2D eigenvalue weighted by molar-refractivity contribution is 5.86. The van der Waals surface area contributed by atoms with E-state index in [0.29, 0.717) is 6.42 Å². The van der Waals surface area contributed by atoms with Crippen molar-refractivity contribution in [2.75, 3.05) is 7.11 Å². The van der Waals surface area contributed by atoms with Crippen molar-refractivity contribution in [1.29, 1.82) is 0 Å². The third-order valence-electron chi connectivity index (χ3n) is 3.52. The fourth-order valence-corrected chi connectivity index (χ4v) is 2.37. The summed E-state index contributed by atoms with van der Waals surface area (Å²) in [5.41, 5.74) is 10.4. The van der Waals surface area contributed by atoms with Crippen LogP contribution in [0, 0.1) is 6.92 Å². The number of hydrogen-bond donors (Lipinski definition) is 2. The maximum atomic E-state index is 11.5. The van der Waals surface area contributed by atoms with Gasteiger partial charge in [0.1, 0.15) is 6.04 Å². The number of aryl methyl sites for hydroxylation is 2. The zero-order chi connectivity index (χ0) is 14.0. The van der Waals surface area contributed by atoms with Crippen molar-refractivity contribution < 1.29 is 9.53 Å². The molecule has 19 heavy (non-hydrogen) atoms. The maximum absolute atomic E-state index is 11.5. The van der Waals surface area contributed by atoms with E-state index in [-0.39, 0.29) is 5.97 Å². The first kappa shape index (κ1) is 13.6. The lowest BCUT2D eigenvalue weighted by Gasteiger charge is -2.09. The van der Waals surface area contributed by atoms with Gasteiger partial charge in [-0.25, -0.2) is 0 Å². The lowest BCUT2D eigenvalue weighted by molar-refractivity contribution is -0.142. The Morgan fingerprint density at radius 1 is 1.47 bits per heavy atom. The second-order valence-corrected chi connectivity index (χ2v) is 4.80. The zero-order valence-corrected chi connectivity index (χ0v) is 11.6. The molecule has 1 unspecified atom stereocenters. The highest BCUT2D eigenvalue weighted by Gasteiger charge is 2.18. The average Bonchev–Trinajstić information content (AvgIpc) is 2.73. The number of carbonyl (C=O) groups excluding carboxylic acids is 1. The smallest absolute Gasteiger partial charge is 0.322 e. The quantitative estimate of drug-likeness (QED) is 0.827. The van der Waals surface area contributed by atoms with Gasteiger partial charge in [-0.2, -0.15) is 0 Å². The first-order valence-electron chi connectivity index (χ1n) is 6.50. The minimum Gasteiger partial charge on any atom is -0.468 e. The third-order valence-corrected chi connectivity index (χ3v) is 3.52.